The summed E-state index contributed by atoms with van der Waals surface area (Å²) < 4.78 is 5.50. The molecule has 0 spiro atoms. The number of hydrogen-bond donors (Lipinski definition) is 2. The summed E-state index contributed by atoms with van der Waals surface area (Å²) in [6.07, 6.45) is 2.80. The van der Waals surface area contributed by atoms with Gasteiger partial charge in [-0.15, -0.1) is 0 Å². The van der Waals surface area contributed by atoms with Crippen molar-refractivity contribution >= 4 is 11.7 Å². The van der Waals surface area contributed by atoms with Gasteiger partial charge in [0.2, 0.25) is 5.88 Å². The van der Waals surface area contributed by atoms with Crippen LogP contribution in [0.25, 0.3) is 11.1 Å². The molecule has 0 bridgehead atoms. The van der Waals surface area contributed by atoms with E-state index >= 15 is 0 Å². The molecule has 0 atom stereocenters. The van der Waals surface area contributed by atoms with Gasteiger partial charge in [-0.25, -0.2) is 4.98 Å². The van der Waals surface area contributed by atoms with Crippen LogP contribution in [0.2, 0.25) is 0 Å². The van der Waals surface area contributed by atoms with E-state index in [0.717, 1.165) is 24.1 Å². The van der Waals surface area contributed by atoms with Crippen LogP contribution >= 0.6 is 0 Å². The third kappa shape index (κ3) is 3.28. The lowest BCUT2D eigenvalue weighted by molar-refractivity contribution is -0.148. The van der Waals surface area contributed by atoms with Gasteiger partial charge >= 0.3 is 5.97 Å². The summed E-state index contributed by atoms with van der Waals surface area (Å²) in [6.45, 7) is 4.33. The highest BCUT2D eigenvalue weighted by Gasteiger charge is 2.28. The van der Waals surface area contributed by atoms with Crippen molar-refractivity contribution < 1.29 is 14.6 Å². The van der Waals surface area contributed by atoms with Crippen LogP contribution in [0.5, 0.6) is 5.88 Å². The molecule has 23 heavy (non-hydrogen) atoms. The number of nitrogens with zero attached hydrogens (tertiary/aromatic N) is 1. The minimum absolute atomic E-state index is 0.0825. The molecular weight excluding hydrogens is 292 g/mol. The van der Waals surface area contributed by atoms with E-state index in [0.29, 0.717) is 5.88 Å². The SMILES string of the molecule is CC(C)(COc1ccc(-c2ccc3c(c2)CCN3)cn1)C(=O)O. The standard InChI is InChI=1S/C18H20N2O3/c1-18(2,17(21)22)11-23-16-6-4-14(10-20-16)12-3-5-15-13(9-12)7-8-19-15/h3-6,9-10,19H,7-8,11H2,1-2H3,(H,21,22). The van der Waals surface area contributed by atoms with Gasteiger partial charge in [0, 0.05) is 30.1 Å². The van der Waals surface area contributed by atoms with Gasteiger partial charge in [0.25, 0.3) is 0 Å². The minimum Gasteiger partial charge on any atom is -0.481 e. The van der Waals surface area contributed by atoms with Crippen molar-refractivity contribution in [3.63, 3.8) is 0 Å². The Morgan fingerprint density at radius 3 is 2.78 bits per heavy atom. The molecule has 0 saturated heterocycles. The van der Waals surface area contributed by atoms with Crippen LogP contribution in [0.1, 0.15) is 19.4 Å². The first-order valence-electron chi connectivity index (χ1n) is 7.65. The average molecular weight is 312 g/mol. The van der Waals surface area contributed by atoms with E-state index in [-0.39, 0.29) is 6.61 Å². The number of anilines is 1. The molecule has 1 aromatic heterocycles. The maximum atomic E-state index is 11.1. The fourth-order valence-electron chi connectivity index (χ4n) is 2.44. The average Bonchev–Trinajstić information content (AvgIpc) is 3.01. The van der Waals surface area contributed by atoms with Crippen LogP contribution in [0, 0.1) is 5.41 Å². The molecule has 0 fully saturated rings. The van der Waals surface area contributed by atoms with Crippen LogP contribution in [0.3, 0.4) is 0 Å². The summed E-state index contributed by atoms with van der Waals surface area (Å²) in [5.74, 6) is -0.452. The molecule has 1 aliphatic heterocycles. The van der Waals surface area contributed by atoms with E-state index in [1.165, 1.54) is 11.3 Å². The Bertz CT molecular complexity index is 724. The molecule has 1 aromatic carbocycles. The number of aromatic nitrogens is 1. The Balaban J connectivity index is 1.71. The van der Waals surface area contributed by atoms with Gasteiger partial charge in [0.15, 0.2) is 0 Å². The fraction of sp³-hybridized carbons (Fsp3) is 0.333. The summed E-state index contributed by atoms with van der Waals surface area (Å²) in [6, 6.07) is 10.1. The number of carboxylic acid groups (broad SMARTS) is 1. The first-order chi connectivity index (χ1) is 11.0. The van der Waals surface area contributed by atoms with E-state index in [9.17, 15) is 4.79 Å². The largest absolute Gasteiger partial charge is 0.481 e. The zero-order chi connectivity index (χ0) is 16.4. The van der Waals surface area contributed by atoms with Crippen molar-refractivity contribution in [1.29, 1.82) is 0 Å². The molecular formula is C18H20N2O3. The number of hydrogen-bond acceptors (Lipinski definition) is 4. The number of carboxylic acids is 1. The summed E-state index contributed by atoms with van der Waals surface area (Å²) in [4.78, 5) is 15.3. The lowest BCUT2D eigenvalue weighted by Crippen LogP contribution is -2.30. The minimum atomic E-state index is -0.937. The lowest BCUT2D eigenvalue weighted by atomic mass is 9.95. The molecule has 120 valence electrons. The molecule has 0 aliphatic carbocycles. The third-order valence-electron chi connectivity index (χ3n) is 4.04. The predicted molar refractivity (Wildman–Crippen MR) is 88.8 cm³/mol. The third-order valence-corrected chi connectivity index (χ3v) is 4.04. The number of ether oxygens (including phenoxy) is 1. The lowest BCUT2D eigenvalue weighted by Gasteiger charge is -2.19. The summed E-state index contributed by atoms with van der Waals surface area (Å²) in [5, 5.41) is 12.4. The second kappa shape index (κ2) is 5.91. The van der Waals surface area contributed by atoms with Crippen LogP contribution in [0.15, 0.2) is 36.5 Å². The van der Waals surface area contributed by atoms with Crippen molar-refractivity contribution in [3.05, 3.63) is 42.1 Å². The van der Waals surface area contributed by atoms with Crippen molar-refractivity contribution in [2.24, 2.45) is 5.41 Å². The number of pyridine rings is 1. The zero-order valence-electron chi connectivity index (χ0n) is 13.3. The van der Waals surface area contributed by atoms with E-state index in [4.69, 9.17) is 9.84 Å². The van der Waals surface area contributed by atoms with Crippen LogP contribution < -0.4 is 10.1 Å². The van der Waals surface area contributed by atoms with Gasteiger partial charge in [-0.1, -0.05) is 6.07 Å². The number of carbonyl (C=O) groups is 1. The quantitative estimate of drug-likeness (QED) is 0.887. The van der Waals surface area contributed by atoms with Crippen LogP contribution in [-0.4, -0.2) is 29.2 Å². The molecule has 2 heterocycles. The number of aliphatic carboxylic acids is 1. The number of nitrogens with one attached hydrogen (secondary N) is 1. The van der Waals surface area contributed by atoms with Gasteiger partial charge in [-0.05, 0) is 49.6 Å². The molecule has 5 nitrogen and oxygen atoms in total. The molecule has 2 N–H and O–H groups in total. The van der Waals surface area contributed by atoms with Crippen molar-refractivity contribution in [1.82, 2.24) is 4.98 Å². The van der Waals surface area contributed by atoms with E-state index in [1.807, 2.05) is 6.07 Å². The predicted octanol–water partition coefficient (Wildman–Crippen LogP) is 3.21. The highest BCUT2D eigenvalue weighted by Crippen LogP contribution is 2.29. The van der Waals surface area contributed by atoms with Gasteiger partial charge < -0.3 is 15.2 Å². The maximum Gasteiger partial charge on any atom is 0.312 e. The molecule has 1 aliphatic rings. The van der Waals surface area contributed by atoms with E-state index in [1.54, 1.807) is 26.1 Å². The molecule has 0 amide bonds. The summed E-state index contributed by atoms with van der Waals surface area (Å²) in [5.41, 5.74) is 3.73. The van der Waals surface area contributed by atoms with Crippen molar-refractivity contribution in [3.8, 4) is 17.0 Å². The first-order valence-corrected chi connectivity index (χ1v) is 7.65. The highest BCUT2D eigenvalue weighted by molar-refractivity contribution is 5.73. The Kier molecular flexibility index (Phi) is 3.94. The number of rotatable bonds is 5. The molecule has 2 aromatic rings. The molecule has 5 heteroatoms. The maximum absolute atomic E-state index is 11.1. The monoisotopic (exact) mass is 312 g/mol. The first kappa shape index (κ1) is 15.3. The molecule has 3 rings (SSSR count). The fourth-order valence-corrected chi connectivity index (χ4v) is 2.44. The molecule has 0 saturated carbocycles. The zero-order valence-corrected chi connectivity index (χ0v) is 13.3. The molecule has 0 unspecified atom stereocenters. The van der Waals surface area contributed by atoms with Crippen LogP contribution in [0.4, 0.5) is 5.69 Å². The van der Waals surface area contributed by atoms with Crippen LogP contribution in [-0.2, 0) is 11.2 Å². The molecule has 0 radical (unpaired) electrons. The Morgan fingerprint density at radius 2 is 2.09 bits per heavy atom. The number of fused-ring (bicyclic) bond motifs is 1. The second-order valence-electron chi connectivity index (χ2n) is 6.41. The number of benzene rings is 1. The Labute approximate surface area is 135 Å². The Hall–Kier alpha value is -2.56. The van der Waals surface area contributed by atoms with Gasteiger partial charge in [-0.3, -0.25) is 4.79 Å². The van der Waals surface area contributed by atoms with E-state index < -0.39 is 11.4 Å². The van der Waals surface area contributed by atoms with Crippen molar-refractivity contribution in [2.75, 3.05) is 18.5 Å². The second-order valence-corrected chi connectivity index (χ2v) is 6.41. The Morgan fingerprint density at radius 1 is 1.30 bits per heavy atom. The topological polar surface area (TPSA) is 71.5 Å². The van der Waals surface area contributed by atoms with Gasteiger partial charge in [0.05, 0.1) is 5.41 Å². The van der Waals surface area contributed by atoms with Crippen molar-refractivity contribution in [2.45, 2.75) is 20.3 Å². The van der Waals surface area contributed by atoms with Gasteiger partial charge in [-0.2, -0.15) is 0 Å². The summed E-state index contributed by atoms with van der Waals surface area (Å²) in [7, 11) is 0. The van der Waals surface area contributed by atoms with E-state index in [2.05, 4.69) is 28.5 Å². The normalized spacial score (nSPS) is 13.3. The van der Waals surface area contributed by atoms with Gasteiger partial charge in [0.1, 0.15) is 6.61 Å². The highest BCUT2D eigenvalue weighted by atomic mass is 16.5. The smallest absolute Gasteiger partial charge is 0.312 e. The summed E-state index contributed by atoms with van der Waals surface area (Å²) >= 11 is 0.